The van der Waals surface area contributed by atoms with Crippen LogP contribution >= 0.6 is 0 Å². The molecular formula is C9H7F3N4O2. The Labute approximate surface area is 98.8 Å². The molecule has 96 valence electrons. The molecule has 0 bridgehead atoms. The van der Waals surface area contributed by atoms with Gasteiger partial charge in [0.2, 0.25) is 0 Å². The molecule has 18 heavy (non-hydrogen) atoms. The maximum Gasteiger partial charge on any atom is 0.396 e. The van der Waals surface area contributed by atoms with Crippen molar-refractivity contribution in [1.82, 2.24) is 20.1 Å². The summed E-state index contributed by atoms with van der Waals surface area (Å²) in [4.78, 5) is 10.9. The van der Waals surface area contributed by atoms with Crippen LogP contribution in [0.3, 0.4) is 0 Å². The molecule has 0 saturated carbocycles. The van der Waals surface area contributed by atoms with Gasteiger partial charge in [-0.15, -0.1) is 0 Å². The van der Waals surface area contributed by atoms with Crippen LogP contribution in [-0.2, 0) is 13.0 Å². The van der Waals surface area contributed by atoms with Gasteiger partial charge in [0.25, 0.3) is 5.89 Å². The molecule has 2 aromatic rings. The molecule has 6 nitrogen and oxygen atoms in total. The van der Waals surface area contributed by atoms with Crippen LogP contribution in [0, 0.1) is 0 Å². The van der Waals surface area contributed by atoms with Gasteiger partial charge in [0, 0.05) is 0 Å². The van der Waals surface area contributed by atoms with Crippen LogP contribution in [0.1, 0.15) is 11.7 Å². The first-order valence-electron chi connectivity index (χ1n) is 4.79. The van der Waals surface area contributed by atoms with Crippen LogP contribution in [0.4, 0.5) is 13.2 Å². The Kier molecular flexibility index (Phi) is 3.40. The monoisotopic (exact) mass is 260 g/mol. The third-order valence-corrected chi connectivity index (χ3v) is 1.77. The van der Waals surface area contributed by atoms with E-state index in [4.69, 9.17) is 4.74 Å². The minimum absolute atomic E-state index is 0.0434. The molecule has 0 saturated heterocycles. The molecule has 0 spiro atoms. The Morgan fingerprint density at radius 3 is 2.61 bits per heavy atom. The molecule has 0 fully saturated rings. The molecular weight excluding hydrogens is 253 g/mol. The second kappa shape index (κ2) is 4.98. The molecule has 0 amide bonds. The van der Waals surface area contributed by atoms with Crippen molar-refractivity contribution in [3.05, 3.63) is 30.4 Å². The summed E-state index contributed by atoms with van der Waals surface area (Å²) in [6.07, 6.45) is -1.47. The Bertz CT molecular complexity index is 500. The number of aromatic nitrogens is 4. The molecule has 2 rings (SSSR count). The van der Waals surface area contributed by atoms with Gasteiger partial charge in [0.05, 0.1) is 12.4 Å². The maximum absolute atomic E-state index is 12.0. The van der Waals surface area contributed by atoms with Crippen molar-refractivity contribution < 1.29 is 22.4 Å². The van der Waals surface area contributed by atoms with E-state index in [-0.39, 0.29) is 12.5 Å². The largest absolute Gasteiger partial charge is 0.481 e. The Hall–Kier alpha value is -2.19. The van der Waals surface area contributed by atoms with Gasteiger partial charge in [-0.25, -0.2) is 9.97 Å². The zero-order valence-electron chi connectivity index (χ0n) is 8.89. The second-order valence-corrected chi connectivity index (χ2v) is 3.26. The summed E-state index contributed by atoms with van der Waals surface area (Å²) < 4.78 is 45.8. The van der Waals surface area contributed by atoms with Crippen molar-refractivity contribution in [2.45, 2.75) is 19.2 Å². The third-order valence-electron chi connectivity index (χ3n) is 1.77. The number of halogens is 3. The van der Waals surface area contributed by atoms with E-state index in [1.54, 1.807) is 0 Å². The summed E-state index contributed by atoms with van der Waals surface area (Å²) >= 11 is 0. The zero-order valence-corrected chi connectivity index (χ0v) is 8.89. The fourth-order valence-electron chi connectivity index (χ4n) is 1.10. The SMILES string of the molecule is FC(F)(F)Cc1noc(COc2cncnc2)n1. The predicted octanol–water partition coefficient (Wildman–Crippen LogP) is 1.54. The molecule has 0 aliphatic heterocycles. The van der Waals surface area contributed by atoms with Crippen molar-refractivity contribution >= 4 is 0 Å². The number of nitrogens with zero attached hydrogens (tertiary/aromatic N) is 4. The lowest BCUT2D eigenvalue weighted by Crippen LogP contribution is -2.12. The summed E-state index contributed by atoms with van der Waals surface area (Å²) in [6.45, 7) is -0.141. The van der Waals surface area contributed by atoms with Crippen LogP contribution < -0.4 is 4.74 Å². The van der Waals surface area contributed by atoms with Crippen molar-refractivity contribution in [3.63, 3.8) is 0 Å². The van der Waals surface area contributed by atoms with Gasteiger partial charge < -0.3 is 9.26 Å². The van der Waals surface area contributed by atoms with Crippen LogP contribution in [-0.4, -0.2) is 26.3 Å². The molecule has 9 heteroatoms. The zero-order chi connectivity index (χ0) is 13.0. The van der Waals surface area contributed by atoms with Crippen LogP contribution in [0.25, 0.3) is 0 Å². The average Bonchev–Trinajstić information content (AvgIpc) is 2.73. The maximum atomic E-state index is 12.0. The highest BCUT2D eigenvalue weighted by molar-refractivity contribution is 5.10. The van der Waals surface area contributed by atoms with Crippen LogP contribution in [0.2, 0.25) is 0 Å². The molecule has 0 N–H and O–H groups in total. The smallest absolute Gasteiger partial charge is 0.396 e. The number of alkyl halides is 3. The lowest BCUT2D eigenvalue weighted by molar-refractivity contribution is -0.128. The number of ether oxygens (including phenoxy) is 1. The Morgan fingerprint density at radius 1 is 1.22 bits per heavy atom. The summed E-state index contributed by atoms with van der Waals surface area (Å²) in [6, 6.07) is 0. The van der Waals surface area contributed by atoms with E-state index in [1.165, 1.54) is 18.7 Å². The highest BCUT2D eigenvalue weighted by atomic mass is 19.4. The standard InChI is InChI=1S/C9H7F3N4O2/c10-9(11,12)1-7-15-8(18-16-7)4-17-6-2-13-5-14-3-6/h2-3,5H,1,4H2. The predicted molar refractivity (Wildman–Crippen MR) is 50.4 cm³/mol. The van der Waals surface area contributed by atoms with Gasteiger partial charge in [-0.1, -0.05) is 5.16 Å². The Morgan fingerprint density at radius 2 is 1.94 bits per heavy atom. The van der Waals surface area contributed by atoms with E-state index in [0.29, 0.717) is 5.75 Å². The van der Waals surface area contributed by atoms with E-state index in [2.05, 4.69) is 24.6 Å². The fraction of sp³-hybridized carbons (Fsp3) is 0.333. The summed E-state index contributed by atoms with van der Waals surface area (Å²) in [5.41, 5.74) is 0. The van der Waals surface area contributed by atoms with Crippen molar-refractivity contribution in [3.8, 4) is 5.75 Å². The van der Waals surface area contributed by atoms with Crippen molar-refractivity contribution in [1.29, 1.82) is 0 Å². The molecule has 0 aliphatic carbocycles. The summed E-state index contributed by atoms with van der Waals surface area (Å²) in [7, 11) is 0. The van der Waals surface area contributed by atoms with Gasteiger partial charge >= 0.3 is 6.18 Å². The van der Waals surface area contributed by atoms with Gasteiger partial charge in [0.15, 0.2) is 18.2 Å². The van der Waals surface area contributed by atoms with E-state index >= 15 is 0 Å². The van der Waals surface area contributed by atoms with Crippen LogP contribution in [0.15, 0.2) is 23.2 Å². The lowest BCUT2D eigenvalue weighted by Gasteiger charge is -2.00. The number of rotatable bonds is 4. The minimum Gasteiger partial charge on any atom is -0.481 e. The fourth-order valence-corrected chi connectivity index (χ4v) is 1.10. The highest BCUT2D eigenvalue weighted by Crippen LogP contribution is 2.19. The first-order valence-corrected chi connectivity index (χ1v) is 4.79. The van der Waals surface area contributed by atoms with Crippen molar-refractivity contribution in [2.75, 3.05) is 0 Å². The number of hydrogen-bond donors (Lipinski definition) is 0. The number of hydrogen-bond acceptors (Lipinski definition) is 6. The normalized spacial score (nSPS) is 11.5. The lowest BCUT2D eigenvalue weighted by atomic mass is 10.4. The first-order chi connectivity index (χ1) is 8.53. The first kappa shape index (κ1) is 12.3. The quantitative estimate of drug-likeness (QED) is 0.830. The molecule has 2 heterocycles. The summed E-state index contributed by atoms with van der Waals surface area (Å²) in [5, 5.41) is 3.20. The van der Waals surface area contributed by atoms with Crippen molar-refractivity contribution in [2.24, 2.45) is 0 Å². The van der Waals surface area contributed by atoms with Gasteiger partial charge in [0.1, 0.15) is 12.7 Å². The Balaban J connectivity index is 1.91. The highest BCUT2D eigenvalue weighted by Gasteiger charge is 2.30. The van der Waals surface area contributed by atoms with E-state index in [1.807, 2.05) is 0 Å². The summed E-state index contributed by atoms with van der Waals surface area (Å²) in [5.74, 6) is -0.114. The van der Waals surface area contributed by atoms with Gasteiger partial charge in [-0.05, 0) is 0 Å². The molecule has 0 unspecified atom stereocenters. The van der Waals surface area contributed by atoms with E-state index < -0.39 is 18.4 Å². The third kappa shape index (κ3) is 3.68. The van der Waals surface area contributed by atoms with E-state index in [0.717, 1.165) is 0 Å². The molecule has 0 radical (unpaired) electrons. The molecule has 0 aliphatic rings. The van der Waals surface area contributed by atoms with E-state index in [9.17, 15) is 13.2 Å². The minimum atomic E-state index is -4.37. The second-order valence-electron chi connectivity index (χ2n) is 3.26. The average molecular weight is 260 g/mol. The molecule has 0 aromatic carbocycles. The molecule has 2 aromatic heterocycles. The molecule has 0 atom stereocenters. The topological polar surface area (TPSA) is 73.9 Å². The van der Waals surface area contributed by atoms with Crippen LogP contribution in [0.5, 0.6) is 5.75 Å². The van der Waals surface area contributed by atoms with Gasteiger partial charge in [-0.3, -0.25) is 0 Å². The van der Waals surface area contributed by atoms with Gasteiger partial charge in [-0.2, -0.15) is 18.2 Å².